The number of carbonyl (C=O) groups excluding carboxylic acids is 1. The number of aromatic nitrogens is 2. The molecular weight excluding hydrogens is 364 g/mol. The maximum Gasteiger partial charge on any atom is 0.254 e. The molecule has 0 radical (unpaired) electrons. The van der Waals surface area contributed by atoms with Gasteiger partial charge in [-0.1, -0.05) is 11.6 Å². The number of carbonyl (C=O) groups is 1. The number of fused-ring (bicyclic) bond motifs is 1. The van der Waals surface area contributed by atoms with Crippen LogP contribution in [0.5, 0.6) is 0 Å². The average molecular weight is 383 g/mol. The molecule has 138 valence electrons. The second kappa shape index (κ2) is 7.50. The molecule has 4 rings (SSSR count). The lowest BCUT2D eigenvalue weighted by Gasteiger charge is -2.27. The number of benzene rings is 1. The first-order valence-electron chi connectivity index (χ1n) is 8.77. The summed E-state index contributed by atoms with van der Waals surface area (Å²) >= 11 is 6.18. The molecule has 1 saturated heterocycles. The number of amides is 1. The van der Waals surface area contributed by atoms with Crippen LogP contribution in [0.2, 0.25) is 5.02 Å². The van der Waals surface area contributed by atoms with Crippen LogP contribution in [0, 0.1) is 0 Å². The van der Waals surface area contributed by atoms with E-state index in [-0.39, 0.29) is 5.91 Å². The number of anilines is 1. The van der Waals surface area contributed by atoms with Crippen LogP contribution < -0.4 is 5.32 Å². The first-order chi connectivity index (χ1) is 13.2. The van der Waals surface area contributed by atoms with Gasteiger partial charge >= 0.3 is 0 Å². The molecule has 2 aromatic heterocycles. The van der Waals surface area contributed by atoms with Crippen molar-refractivity contribution in [1.82, 2.24) is 14.9 Å². The predicted octanol–water partition coefficient (Wildman–Crippen LogP) is 3.46. The Balaban J connectivity index is 1.83. The molecule has 1 aliphatic heterocycles. The molecule has 1 aliphatic rings. The minimum absolute atomic E-state index is 0.0333. The monoisotopic (exact) mass is 382 g/mol. The van der Waals surface area contributed by atoms with Crippen LogP contribution in [-0.2, 0) is 4.74 Å². The summed E-state index contributed by atoms with van der Waals surface area (Å²) in [6, 6.07) is 11.1. The maximum absolute atomic E-state index is 13.2. The van der Waals surface area contributed by atoms with Crippen molar-refractivity contribution in [3.8, 4) is 11.3 Å². The molecular formula is C20H19ClN4O2. The molecule has 0 atom stereocenters. The molecule has 1 aromatic carbocycles. The summed E-state index contributed by atoms with van der Waals surface area (Å²) in [4.78, 5) is 24.1. The molecule has 1 amide bonds. The summed E-state index contributed by atoms with van der Waals surface area (Å²) in [7, 11) is 1.82. The van der Waals surface area contributed by atoms with Gasteiger partial charge in [0.2, 0.25) is 0 Å². The van der Waals surface area contributed by atoms with Gasteiger partial charge < -0.3 is 15.0 Å². The Labute approximate surface area is 162 Å². The van der Waals surface area contributed by atoms with Gasteiger partial charge in [0.1, 0.15) is 5.82 Å². The second-order valence-corrected chi connectivity index (χ2v) is 6.74. The van der Waals surface area contributed by atoms with Crippen LogP contribution in [0.3, 0.4) is 0 Å². The minimum Gasteiger partial charge on any atom is -0.378 e. The van der Waals surface area contributed by atoms with E-state index in [2.05, 4.69) is 10.3 Å². The molecule has 3 heterocycles. The van der Waals surface area contributed by atoms with E-state index >= 15 is 0 Å². The lowest BCUT2D eigenvalue weighted by atomic mass is 10.0. The smallest absolute Gasteiger partial charge is 0.254 e. The van der Waals surface area contributed by atoms with Gasteiger partial charge in [-0.15, -0.1) is 0 Å². The van der Waals surface area contributed by atoms with Gasteiger partial charge in [0, 0.05) is 42.3 Å². The van der Waals surface area contributed by atoms with E-state index < -0.39 is 0 Å². The highest BCUT2D eigenvalue weighted by Gasteiger charge is 2.22. The lowest BCUT2D eigenvalue weighted by Crippen LogP contribution is -2.40. The van der Waals surface area contributed by atoms with Gasteiger partial charge in [0.05, 0.1) is 30.0 Å². The number of nitrogens with one attached hydrogen (secondary N) is 1. The van der Waals surface area contributed by atoms with Crippen molar-refractivity contribution in [3.05, 3.63) is 53.2 Å². The van der Waals surface area contributed by atoms with Crippen molar-refractivity contribution in [2.45, 2.75) is 0 Å². The molecule has 0 spiro atoms. The SMILES string of the molecule is CNc1ccc(-c2cc(C(=O)N3CCOCC3)c3cc(Cl)ccc3n2)cn1. The van der Waals surface area contributed by atoms with Crippen molar-refractivity contribution in [3.63, 3.8) is 0 Å². The number of halogens is 1. The van der Waals surface area contributed by atoms with Gasteiger partial charge in [-0.3, -0.25) is 4.79 Å². The number of ether oxygens (including phenoxy) is 1. The number of nitrogens with zero attached hydrogens (tertiary/aromatic N) is 3. The van der Waals surface area contributed by atoms with Crippen molar-refractivity contribution in [2.24, 2.45) is 0 Å². The standard InChI is InChI=1S/C20H19ClN4O2/c1-22-19-5-2-13(12-23-19)18-11-16(20(26)25-6-8-27-9-7-25)15-10-14(21)3-4-17(15)24-18/h2-5,10-12H,6-9H2,1H3,(H,22,23). The van der Waals surface area contributed by atoms with Crippen LogP contribution >= 0.6 is 11.6 Å². The number of rotatable bonds is 3. The molecule has 0 saturated carbocycles. The van der Waals surface area contributed by atoms with E-state index in [4.69, 9.17) is 21.3 Å². The third-order valence-electron chi connectivity index (χ3n) is 4.61. The number of pyridine rings is 2. The molecule has 27 heavy (non-hydrogen) atoms. The number of hydrogen-bond acceptors (Lipinski definition) is 5. The van der Waals surface area contributed by atoms with E-state index in [1.54, 1.807) is 18.3 Å². The Kier molecular flexibility index (Phi) is 4.92. The fourth-order valence-corrected chi connectivity index (χ4v) is 3.32. The first-order valence-corrected chi connectivity index (χ1v) is 9.15. The Hall–Kier alpha value is -2.70. The van der Waals surface area contributed by atoms with Crippen LogP contribution in [0.25, 0.3) is 22.2 Å². The Morgan fingerprint density at radius 1 is 1.19 bits per heavy atom. The molecule has 0 bridgehead atoms. The fraction of sp³-hybridized carbons (Fsp3) is 0.250. The maximum atomic E-state index is 13.2. The van der Waals surface area contributed by atoms with Crippen molar-refractivity contribution in [1.29, 1.82) is 0 Å². The van der Waals surface area contributed by atoms with E-state index in [1.165, 1.54) is 0 Å². The van der Waals surface area contributed by atoms with Gasteiger partial charge in [-0.25, -0.2) is 9.97 Å². The van der Waals surface area contributed by atoms with Gasteiger partial charge in [-0.2, -0.15) is 0 Å². The summed E-state index contributed by atoms with van der Waals surface area (Å²) < 4.78 is 5.37. The Morgan fingerprint density at radius 2 is 2.00 bits per heavy atom. The second-order valence-electron chi connectivity index (χ2n) is 6.30. The van der Waals surface area contributed by atoms with Crippen LogP contribution in [0.4, 0.5) is 5.82 Å². The third kappa shape index (κ3) is 3.59. The summed E-state index contributed by atoms with van der Waals surface area (Å²) in [6.07, 6.45) is 1.75. The molecule has 0 aliphatic carbocycles. The molecule has 1 fully saturated rings. The van der Waals surface area contributed by atoms with E-state index in [0.717, 1.165) is 22.3 Å². The van der Waals surface area contributed by atoms with E-state index in [1.807, 2.05) is 36.2 Å². The average Bonchev–Trinajstić information content (AvgIpc) is 2.73. The zero-order valence-corrected chi connectivity index (χ0v) is 15.7. The number of morpholine rings is 1. The summed E-state index contributed by atoms with van der Waals surface area (Å²) in [6.45, 7) is 2.27. The number of hydrogen-bond donors (Lipinski definition) is 1. The molecule has 3 aromatic rings. The van der Waals surface area contributed by atoms with E-state index in [9.17, 15) is 4.79 Å². The normalized spacial score (nSPS) is 14.4. The lowest BCUT2D eigenvalue weighted by molar-refractivity contribution is 0.0304. The summed E-state index contributed by atoms with van der Waals surface area (Å²) in [5, 5.41) is 4.32. The Morgan fingerprint density at radius 3 is 2.70 bits per heavy atom. The van der Waals surface area contributed by atoms with Crippen molar-refractivity contribution in [2.75, 3.05) is 38.7 Å². The first kappa shape index (κ1) is 17.7. The third-order valence-corrected chi connectivity index (χ3v) is 4.85. The van der Waals surface area contributed by atoms with Crippen LogP contribution in [-0.4, -0.2) is 54.1 Å². The highest BCUT2D eigenvalue weighted by molar-refractivity contribution is 6.31. The van der Waals surface area contributed by atoms with E-state index in [0.29, 0.717) is 42.6 Å². The van der Waals surface area contributed by atoms with Gasteiger partial charge in [-0.05, 0) is 36.4 Å². The molecule has 1 N–H and O–H groups in total. The van der Waals surface area contributed by atoms with Crippen molar-refractivity contribution < 1.29 is 9.53 Å². The zero-order valence-electron chi connectivity index (χ0n) is 14.9. The van der Waals surface area contributed by atoms with Gasteiger partial charge in [0.15, 0.2) is 0 Å². The Bertz CT molecular complexity index is 985. The summed E-state index contributed by atoms with van der Waals surface area (Å²) in [5.74, 6) is 0.741. The molecule has 0 unspecified atom stereocenters. The molecule has 6 nitrogen and oxygen atoms in total. The predicted molar refractivity (Wildman–Crippen MR) is 106 cm³/mol. The highest BCUT2D eigenvalue weighted by Crippen LogP contribution is 2.28. The topological polar surface area (TPSA) is 67.4 Å². The quantitative estimate of drug-likeness (QED) is 0.751. The molecule has 7 heteroatoms. The van der Waals surface area contributed by atoms with Crippen LogP contribution in [0.1, 0.15) is 10.4 Å². The summed E-state index contributed by atoms with van der Waals surface area (Å²) in [5.41, 5.74) is 2.88. The zero-order chi connectivity index (χ0) is 18.8. The highest BCUT2D eigenvalue weighted by atomic mass is 35.5. The fourth-order valence-electron chi connectivity index (χ4n) is 3.15. The van der Waals surface area contributed by atoms with Gasteiger partial charge in [0.25, 0.3) is 5.91 Å². The van der Waals surface area contributed by atoms with Crippen LogP contribution in [0.15, 0.2) is 42.6 Å². The largest absolute Gasteiger partial charge is 0.378 e. The van der Waals surface area contributed by atoms with Crippen molar-refractivity contribution >= 4 is 34.2 Å². The minimum atomic E-state index is -0.0333.